The minimum absolute atomic E-state index is 0.0482. The fourth-order valence-electron chi connectivity index (χ4n) is 2.16. The topological polar surface area (TPSA) is 90.3 Å². The number of fused-ring (bicyclic) bond motifs is 1. The molecule has 0 aliphatic heterocycles. The Morgan fingerprint density at radius 1 is 1.43 bits per heavy atom. The van der Waals surface area contributed by atoms with Gasteiger partial charge in [-0.05, 0) is 32.4 Å². The lowest BCUT2D eigenvalue weighted by Crippen LogP contribution is -2.26. The molecule has 1 N–H and O–H groups in total. The maximum atomic E-state index is 12.5. The molecule has 2 rings (SSSR count). The maximum absolute atomic E-state index is 12.5. The highest BCUT2D eigenvalue weighted by atomic mass is 16.5. The van der Waals surface area contributed by atoms with Crippen LogP contribution in [0.25, 0.3) is 11.0 Å². The minimum Gasteiger partial charge on any atom is -0.462 e. The van der Waals surface area contributed by atoms with Crippen molar-refractivity contribution in [3.8, 4) is 0 Å². The molecule has 0 saturated carbocycles. The van der Waals surface area contributed by atoms with Crippen molar-refractivity contribution >= 4 is 23.3 Å². The molecule has 0 bridgehead atoms. The molecule has 122 valence electrons. The van der Waals surface area contributed by atoms with Crippen LogP contribution in [-0.2, 0) is 9.53 Å². The predicted molar refractivity (Wildman–Crippen MR) is 86.2 cm³/mol. The fraction of sp³-hybridized carbons (Fsp3) is 0.375. The summed E-state index contributed by atoms with van der Waals surface area (Å²) in [6.45, 7) is 4.20. The van der Waals surface area contributed by atoms with Gasteiger partial charge in [0.15, 0.2) is 5.65 Å². The molecule has 0 aliphatic carbocycles. The second-order valence-corrected chi connectivity index (χ2v) is 5.00. The molecule has 0 spiro atoms. The summed E-state index contributed by atoms with van der Waals surface area (Å²) in [5.74, 6) is -0.664. The third kappa shape index (κ3) is 3.74. The second kappa shape index (κ2) is 7.53. The Kier molecular flexibility index (Phi) is 5.46. The molecule has 0 aliphatic rings. The molecule has 2 aromatic heterocycles. The van der Waals surface area contributed by atoms with Crippen LogP contribution < -0.4 is 10.9 Å². The number of aldehydes is 1. The number of carbonyl (C=O) groups excluding carboxylic acids is 2. The van der Waals surface area contributed by atoms with Crippen molar-refractivity contribution in [1.82, 2.24) is 9.66 Å². The molecule has 23 heavy (non-hydrogen) atoms. The first-order valence-corrected chi connectivity index (χ1v) is 7.46. The number of ether oxygens (including phenoxy) is 1. The molecule has 0 amide bonds. The Hall–Kier alpha value is -2.70. The highest BCUT2D eigenvalue weighted by Gasteiger charge is 2.17. The molecule has 7 nitrogen and oxygen atoms in total. The predicted octanol–water partition coefficient (Wildman–Crippen LogP) is 1.40. The zero-order valence-corrected chi connectivity index (χ0v) is 13.2. The number of aryl methyl sites for hydroxylation is 1. The van der Waals surface area contributed by atoms with Gasteiger partial charge >= 0.3 is 5.97 Å². The smallest absolute Gasteiger partial charge is 0.343 e. The van der Waals surface area contributed by atoms with Gasteiger partial charge < -0.3 is 15.0 Å². The SMILES string of the molecule is CCOC(=O)c1cn(NCCCC=O)c2nc(C)ccc2c1=O. The third-order valence-corrected chi connectivity index (χ3v) is 3.27. The first-order valence-electron chi connectivity index (χ1n) is 7.46. The Balaban J connectivity index is 2.50. The van der Waals surface area contributed by atoms with E-state index in [1.165, 1.54) is 6.20 Å². The van der Waals surface area contributed by atoms with Crippen molar-refractivity contribution < 1.29 is 14.3 Å². The maximum Gasteiger partial charge on any atom is 0.343 e. The van der Waals surface area contributed by atoms with E-state index >= 15 is 0 Å². The fourth-order valence-corrected chi connectivity index (χ4v) is 2.16. The normalized spacial score (nSPS) is 10.5. The summed E-state index contributed by atoms with van der Waals surface area (Å²) in [6.07, 6.45) is 3.31. The van der Waals surface area contributed by atoms with Gasteiger partial charge in [-0.25, -0.2) is 14.5 Å². The van der Waals surface area contributed by atoms with Gasteiger partial charge in [-0.2, -0.15) is 0 Å². The molecule has 7 heteroatoms. The summed E-state index contributed by atoms with van der Waals surface area (Å²) in [5.41, 5.74) is 3.80. The Bertz CT molecular complexity index is 783. The van der Waals surface area contributed by atoms with Gasteiger partial charge in [0.25, 0.3) is 0 Å². The summed E-state index contributed by atoms with van der Waals surface area (Å²) < 4.78 is 6.48. The number of nitrogens with one attached hydrogen (secondary N) is 1. The summed E-state index contributed by atoms with van der Waals surface area (Å²) >= 11 is 0. The van der Waals surface area contributed by atoms with Gasteiger partial charge in [0, 0.05) is 24.9 Å². The lowest BCUT2D eigenvalue weighted by Gasteiger charge is -2.14. The average molecular weight is 317 g/mol. The number of carbonyl (C=O) groups is 2. The first-order chi connectivity index (χ1) is 11.1. The molecular weight excluding hydrogens is 298 g/mol. The van der Waals surface area contributed by atoms with E-state index in [0.717, 1.165) is 12.0 Å². The van der Waals surface area contributed by atoms with Crippen LogP contribution in [-0.4, -0.2) is 35.1 Å². The zero-order chi connectivity index (χ0) is 16.8. The largest absolute Gasteiger partial charge is 0.462 e. The number of hydrogen-bond donors (Lipinski definition) is 1. The molecular formula is C16H19N3O4. The number of hydrogen-bond acceptors (Lipinski definition) is 6. The molecule has 2 heterocycles. The van der Waals surface area contributed by atoms with Gasteiger partial charge in [0.05, 0.1) is 12.0 Å². The van der Waals surface area contributed by atoms with Crippen molar-refractivity contribution in [3.05, 3.63) is 39.8 Å². The van der Waals surface area contributed by atoms with E-state index in [-0.39, 0.29) is 12.2 Å². The van der Waals surface area contributed by atoms with E-state index < -0.39 is 11.4 Å². The van der Waals surface area contributed by atoms with Crippen LogP contribution in [0.2, 0.25) is 0 Å². The van der Waals surface area contributed by atoms with Gasteiger partial charge in [-0.3, -0.25) is 4.79 Å². The van der Waals surface area contributed by atoms with E-state index in [9.17, 15) is 14.4 Å². The van der Waals surface area contributed by atoms with Gasteiger partial charge in [-0.15, -0.1) is 0 Å². The molecule has 0 atom stereocenters. The lowest BCUT2D eigenvalue weighted by atomic mass is 10.2. The molecule has 2 aromatic rings. The van der Waals surface area contributed by atoms with Crippen LogP contribution in [0.4, 0.5) is 0 Å². The van der Waals surface area contributed by atoms with E-state index in [0.29, 0.717) is 30.4 Å². The van der Waals surface area contributed by atoms with Crippen molar-refractivity contribution in [2.45, 2.75) is 26.7 Å². The second-order valence-electron chi connectivity index (χ2n) is 5.00. The summed E-state index contributed by atoms with van der Waals surface area (Å²) in [6, 6.07) is 3.36. The summed E-state index contributed by atoms with van der Waals surface area (Å²) in [7, 11) is 0. The molecule has 0 unspecified atom stereocenters. The van der Waals surface area contributed by atoms with E-state index in [1.54, 1.807) is 23.7 Å². The zero-order valence-electron chi connectivity index (χ0n) is 13.2. The van der Waals surface area contributed by atoms with Gasteiger partial charge in [0.2, 0.25) is 5.43 Å². The van der Waals surface area contributed by atoms with Gasteiger partial charge in [0.1, 0.15) is 11.8 Å². The third-order valence-electron chi connectivity index (χ3n) is 3.27. The Labute approximate surface area is 133 Å². The molecule has 0 radical (unpaired) electrons. The van der Waals surface area contributed by atoms with Gasteiger partial charge in [-0.1, -0.05) is 0 Å². The van der Waals surface area contributed by atoms with Crippen LogP contribution in [0.3, 0.4) is 0 Å². The number of esters is 1. The minimum atomic E-state index is -0.664. The number of aromatic nitrogens is 2. The molecule has 0 fully saturated rings. The first kappa shape index (κ1) is 16.7. The number of unbranched alkanes of at least 4 members (excludes halogenated alkanes) is 1. The number of rotatable bonds is 7. The summed E-state index contributed by atoms with van der Waals surface area (Å²) in [4.78, 5) is 39.2. The van der Waals surface area contributed by atoms with Crippen molar-refractivity contribution in [2.75, 3.05) is 18.6 Å². The summed E-state index contributed by atoms with van der Waals surface area (Å²) in [5, 5.41) is 0.337. The lowest BCUT2D eigenvalue weighted by molar-refractivity contribution is -0.107. The number of pyridine rings is 2. The van der Waals surface area contributed by atoms with Crippen molar-refractivity contribution in [3.63, 3.8) is 0 Å². The highest BCUT2D eigenvalue weighted by Crippen LogP contribution is 2.10. The van der Waals surface area contributed by atoms with Crippen molar-refractivity contribution in [2.24, 2.45) is 0 Å². The van der Waals surface area contributed by atoms with Crippen LogP contribution in [0.1, 0.15) is 35.8 Å². The molecule has 0 saturated heterocycles. The highest BCUT2D eigenvalue weighted by molar-refractivity contribution is 5.93. The van der Waals surface area contributed by atoms with Crippen LogP contribution in [0.5, 0.6) is 0 Å². The van der Waals surface area contributed by atoms with E-state index in [2.05, 4.69) is 10.4 Å². The monoisotopic (exact) mass is 317 g/mol. The van der Waals surface area contributed by atoms with Crippen LogP contribution in [0.15, 0.2) is 23.1 Å². The Morgan fingerprint density at radius 2 is 2.22 bits per heavy atom. The van der Waals surface area contributed by atoms with E-state index in [4.69, 9.17) is 4.74 Å². The van der Waals surface area contributed by atoms with Crippen molar-refractivity contribution in [1.29, 1.82) is 0 Å². The van der Waals surface area contributed by atoms with Crippen LogP contribution >= 0.6 is 0 Å². The standard InChI is InChI=1S/C16H19N3O4/c1-3-23-16(22)13-10-19(17-8-4-5-9-20)15-12(14(13)21)7-6-11(2)18-15/h6-7,9-10,17H,3-5,8H2,1-2H3. The molecule has 0 aromatic carbocycles. The van der Waals surface area contributed by atoms with Crippen LogP contribution in [0, 0.1) is 6.92 Å². The number of nitrogens with zero attached hydrogens (tertiary/aromatic N) is 2. The van der Waals surface area contributed by atoms with E-state index in [1.807, 2.05) is 6.92 Å². The quantitative estimate of drug-likeness (QED) is 0.472. The average Bonchev–Trinajstić information content (AvgIpc) is 2.53. The Morgan fingerprint density at radius 3 is 2.91 bits per heavy atom.